The molecule has 0 N–H and O–H groups in total. The van der Waals surface area contributed by atoms with Gasteiger partial charge >= 0.3 is 0 Å². The number of ether oxygens (including phenoxy) is 1. The summed E-state index contributed by atoms with van der Waals surface area (Å²) in [5.41, 5.74) is 4.25. The first-order valence-corrected chi connectivity index (χ1v) is 10.8. The second-order valence-corrected chi connectivity index (χ2v) is 7.76. The molecule has 0 bridgehead atoms. The molecule has 3 heteroatoms. The Labute approximate surface area is 189 Å². The highest BCUT2D eigenvalue weighted by Crippen LogP contribution is 2.31. The van der Waals surface area contributed by atoms with Crippen LogP contribution in [0.25, 0.3) is 0 Å². The topological polar surface area (TPSA) is 29.5 Å². The molecule has 3 nitrogen and oxygen atoms in total. The molecule has 0 unspecified atom stereocenters. The summed E-state index contributed by atoms with van der Waals surface area (Å²) >= 11 is 0. The van der Waals surface area contributed by atoms with Crippen molar-refractivity contribution < 1.29 is 9.53 Å². The number of carbonyl (C=O) groups is 1. The van der Waals surface area contributed by atoms with Crippen LogP contribution in [0.1, 0.15) is 28.3 Å². The van der Waals surface area contributed by atoms with Crippen molar-refractivity contribution >= 4 is 5.91 Å². The summed E-state index contributed by atoms with van der Waals surface area (Å²) in [7, 11) is 1.66. The third-order valence-corrected chi connectivity index (χ3v) is 5.57. The highest BCUT2D eigenvalue weighted by atomic mass is 16.5. The van der Waals surface area contributed by atoms with Crippen LogP contribution in [-0.4, -0.2) is 17.9 Å². The van der Waals surface area contributed by atoms with Gasteiger partial charge in [0.05, 0.1) is 19.6 Å². The predicted octanol–water partition coefficient (Wildman–Crippen LogP) is 6.06. The van der Waals surface area contributed by atoms with Crippen molar-refractivity contribution in [3.63, 3.8) is 0 Å². The van der Waals surface area contributed by atoms with E-state index in [1.54, 1.807) is 7.11 Å². The molecule has 0 fully saturated rings. The zero-order chi connectivity index (χ0) is 22.2. The number of rotatable bonds is 8. The van der Waals surface area contributed by atoms with E-state index in [1.807, 2.05) is 95.9 Å². The number of methoxy groups -OCH3 is 1. The predicted molar refractivity (Wildman–Crippen MR) is 128 cm³/mol. The first-order valence-electron chi connectivity index (χ1n) is 10.8. The van der Waals surface area contributed by atoms with Gasteiger partial charge in [0.2, 0.25) is 5.91 Å². The molecule has 0 saturated heterocycles. The summed E-state index contributed by atoms with van der Waals surface area (Å²) in [6, 6.07) is 38.2. The first-order chi connectivity index (χ1) is 15.7. The van der Waals surface area contributed by atoms with Crippen LogP contribution in [0.3, 0.4) is 0 Å². The lowest BCUT2D eigenvalue weighted by atomic mass is 9.95. The molecule has 0 heterocycles. The van der Waals surface area contributed by atoms with Crippen LogP contribution < -0.4 is 4.74 Å². The van der Waals surface area contributed by atoms with Crippen molar-refractivity contribution in [3.8, 4) is 5.75 Å². The van der Waals surface area contributed by atoms with Gasteiger partial charge in [-0.05, 0) is 34.4 Å². The van der Waals surface area contributed by atoms with Crippen LogP contribution >= 0.6 is 0 Å². The molecule has 4 aromatic rings. The maximum Gasteiger partial charge on any atom is 0.228 e. The summed E-state index contributed by atoms with van der Waals surface area (Å²) in [6.45, 7) is 0.504. The van der Waals surface area contributed by atoms with E-state index < -0.39 is 0 Å². The van der Waals surface area contributed by atoms with Gasteiger partial charge in [-0.25, -0.2) is 0 Å². The monoisotopic (exact) mass is 421 g/mol. The van der Waals surface area contributed by atoms with Crippen LogP contribution in [0.15, 0.2) is 115 Å². The lowest BCUT2D eigenvalue weighted by Crippen LogP contribution is -2.36. The molecule has 4 aromatic carbocycles. The van der Waals surface area contributed by atoms with E-state index in [0.717, 1.165) is 28.0 Å². The van der Waals surface area contributed by atoms with Gasteiger partial charge < -0.3 is 9.64 Å². The molecule has 1 amide bonds. The van der Waals surface area contributed by atoms with Gasteiger partial charge in [-0.3, -0.25) is 4.79 Å². The van der Waals surface area contributed by atoms with E-state index in [9.17, 15) is 4.79 Å². The van der Waals surface area contributed by atoms with Crippen molar-refractivity contribution in [1.29, 1.82) is 0 Å². The van der Waals surface area contributed by atoms with Gasteiger partial charge in [0.15, 0.2) is 0 Å². The smallest absolute Gasteiger partial charge is 0.228 e. The van der Waals surface area contributed by atoms with E-state index in [1.165, 1.54) is 0 Å². The summed E-state index contributed by atoms with van der Waals surface area (Å²) < 4.78 is 5.31. The molecule has 0 aliphatic heterocycles. The van der Waals surface area contributed by atoms with Gasteiger partial charge in [-0.1, -0.05) is 103 Å². The van der Waals surface area contributed by atoms with E-state index in [0.29, 0.717) is 13.0 Å². The summed E-state index contributed by atoms with van der Waals surface area (Å²) in [6.07, 6.45) is 0.354. The largest absolute Gasteiger partial charge is 0.497 e. The van der Waals surface area contributed by atoms with Crippen LogP contribution in [0.2, 0.25) is 0 Å². The maximum absolute atomic E-state index is 13.7. The fourth-order valence-corrected chi connectivity index (χ4v) is 3.95. The Balaban J connectivity index is 1.74. The van der Waals surface area contributed by atoms with Gasteiger partial charge in [-0.15, -0.1) is 0 Å². The average molecular weight is 422 g/mol. The Morgan fingerprint density at radius 2 is 1.19 bits per heavy atom. The Bertz CT molecular complexity index is 1070. The van der Waals surface area contributed by atoms with Gasteiger partial charge in [-0.2, -0.15) is 0 Å². The van der Waals surface area contributed by atoms with Gasteiger partial charge in [0.25, 0.3) is 0 Å². The van der Waals surface area contributed by atoms with Gasteiger partial charge in [0, 0.05) is 6.54 Å². The molecule has 0 aromatic heterocycles. The third kappa shape index (κ3) is 5.25. The van der Waals surface area contributed by atoms with Crippen molar-refractivity contribution in [2.45, 2.75) is 19.0 Å². The minimum atomic E-state index is -0.185. The Morgan fingerprint density at radius 3 is 1.69 bits per heavy atom. The van der Waals surface area contributed by atoms with E-state index in [-0.39, 0.29) is 11.9 Å². The molecule has 0 saturated carbocycles. The lowest BCUT2D eigenvalue weighted by Gasteiger charge is -2.33. The standard InChI is InChI=1S/C29H27NO2/c1-32-27-19-17-24(18-20-27)22-30(28(31)21-23-11-5-2-6-12-23)29(25-13-7-3-8-14-25)26-15-9-4-10-16-26/h2-20,29H,21-22H2,1H3. The normalized spacial score (nSPS) is 10.7. The molecule has 0 aliphatic carbocycles. The third-order valence-electron chi connectivity index (χ3n) is 5.57. The highest BCUT2D eigenvalue weighted by Gasteiger charge is 2.27. The minimum absolute atomic E-state index is 0.0877. The van der Waals surface area contributed by atoms with Crippen LogP contribution in [0.4, 0.5) is 0 Å². The lowest BCUT2D eigenvalue weighted by molar-refractivity contribution is -0.132. The van der Waals surface area contributed by atoms with Crippen LogP contribution in [-0.2, 0) is 17.8 Å². The van der Waals surface area contributed by atoms with E-state index >= 15 is 0 Å². The number of carbonyl (C=O) groups excluding carboxylic acids is 1. The molecule has 0 atom stereocenters. The molecule has 4 rings (SSSR count). The zero-order valence-corrected chi connectivity index (χ0v) is 18.2. The highest BCUT2D eigenvalue weighted by molar-refractivity contribution is 5.79. The van der Waals surface area contributed by atoms with Crippen molar-refractivity contribution in [1.82, 2.24) is 4.90 Å². The molecule has 32 heavy (non-hydrogen) atoms. The second kappa shape index (κ2) is 10.5. The molecule has 0 radical (unpaired) electrons. The average Bonchev–Trinajstić information content (AvgIpc) is 2.86. The summed E-state index contributed by atoms with van der Waals surface area (Å²) in [5, 5.41) is 0. The zero-order valence-electron chi connectivity index (χ0n) is 18.2. The second-order valence-electron chi connectivity index (χ2n) is 7.76. The van der Waals surface area contributed by atoms with E-state index in [2.05, 4.69) is 24.3 Å². The minimum Gasteiger partial charge on any atom is -0.497 e. The number of nitrogens with zero attached hydrogens (tertiary/aromatic N) is 1. The maximum atomic E-state index is 13.7. The first kappa shape index (κ1) is 21.4. The van der Waals surface area contributed by atoms with Crippen molar-refractivity contribution in [2.24, 2.45) is 0 Å². The Hall–Kier alpha value is -3.85. The molecular weight excluding hydrogens is 394 g/mol. The number of hydrogen-bond donors (Lipinski definition) is 0. The number of amides is 1. The Morgan fingerprint density at radius 1 is 0.688 bits per heavy atom. The van der Waals surface area contributed by atoms with Crippen LogP contribution in [0.5, 0.6) is 5.75 Å². The summed E-state index contributed by atoms with van der Waals surface area (Å²) in [5.74, 6) is 0.892. The quantitative estimate of drug-likeness (QED) is 0.346. The number of benzene rings is 4. The molecule has 0 aliphatic rings. The fourth-order valence-electron chi connectivity index (χ4n) is 3.95. The summed E-state index contributed by atoms with van der Waals surface area (Å²) in [4.78, 5) is 15.7. The van der Waals surface area contributed by atoms with E-state index in [4.69, 9.17) is 4.74 Å². The van der Waals surface area contributed by atoms with Crippen LogP contribution in [0, 0.1) is 0 Å². The van der Waals surface area contributed by atoms with Crippen molar-refractivity contribution in [2.75, 3.05) is 7.11 Å². The number of hydrogen-bond acceptors (Lipinski definition) is 2. The SMILES string of the molecule is COc1ccc(CN(C(=O)Cc2ccccc2)C(c2ccccc2)c2ccccc2)cc1. The van der Waals surface area contributed by atoms with Gasteiger partial charge in [0.1, 0.15) is 5.75 Å². The fraction of sp³-hybridized carbons (Fsp3) is 0.138. The Kier molecular flexibility index (Phi) is 6.98. The van der Waals surface area contributed by atoms with Crippen molar-refractivity contribution in [3.05, 3.63) is 138 Å². The molecular formula is C29H27NO2. The molecule has 0 spiro atoms. The molecule has 160 valence electrons.